The third kappa shape index (κ3) is 2.72. The fraction of sp³-hybridized carbons (Fsp3) is 0.588. The topological polar surface area (TPSA) is 54.3 Å². The van der Waals surface area contributed by atoms with Gasteiger partial charge < -0.3 is 9.80 Å². The molecule has 2 aliphatic rings. The molecule has 1 aliphatic carbocycles. The van der Waals surface area contributed by atoms with Gasteiger partial charge in [0.05, 0.1) is 17.8 Å². The molecule has 4 rings (SSSR count). The van der Waals surface area contributed by atoms with E-state index in [2.05, 4.69) is 22.0 Å². The molecule has 122 valence electrons. The van der Waals surface area contributed by atoms with Crippen LogP contribution in [0.3, 0.4) is 0 Å². The van der Waals surface area contributed by atoms with Gasteiger partial charge in [-0.15, -0.1) is 0 Å². The van der Waals surface area contributed by atoms with Crippen molar-refractivity contribution in [1.29, 1.82) is 0 Å². The molecule has 23 heavy (non-hydrogen) atoms. The van der Waals surface area contributed by atoms with Crippen LogP contribution in [0.2, 0.25) is 0 Å². The maximum absolute atomic E-state index is 12.7. The van der Waals surface area contributed by atoms with Crippen LogP contribution in [-0.2, 0) is 0 Å². The number of piperazine rings is 1. The molecule has 0 atom stereocenters. The van der Waals surface area contributed by atoms with E-state index in [-0.39, 0.29) is 5.91 Å². The average molecular weight is 313 g/mol. The van der Waals surface area contributed by atoms with Crippen LogP contribution in [0.15, 0.2) is 18.5 Å². The van der Waals surface area contributed by atoms with Gasteiger partial charge in [0.1, 0.15) is 0 Å². The minimum atomic E-state index is 0.0844. The summed E-state index contributed by atoms with van der Waals surface area (Å²) in [5.41, 5.74) is 1.58. The van der Waals surface area contributed by atoms with E-state index in [0.29, 0.717) is 11.6 Å². The van der Waals surface area contributed by atoms with Gasteiger partial charge >= 0.3 is 0 Å². The Hall–Kier alpha value is -1.95. The van der Waals surface area contributed by atoms with Crippen LogP contribution >= 0.6 is 0 Å². The van der Waals surface area contributed by atoms with Crippen molar-refractivity contribution in [1.82, 2.24) is 24.6 Å². The molecule has 1 saturated carbocycles. The molecule has 2 fully saturated rings. The number of hydrogen-bond acceptors (Lipinski definition) is 4. The Kier molecular flexibility index (Phi) is 3.77. The highest BCUT2D eigenvalue weighted by Crippen LogP contribution is 2.31. The molecule has 2 aromatic heterocycles. The van der Waals surface area contributed by atoms with Gasteiger partial charge in [-0.05, 0) is 26.0 Å². The number of amides is 1. The first-order valence-corrected chi connectivity index (χ1v) is 8.53. The number of nitrogens with zero attached hydrogens (tertiary/aromatic N) is 5. The Morgan fingerprint density at radius 2 is 1.87 bits per heavy atom. The van der Waals surface area contributed by atoms with Crippen LogP contribution in [0.5, 0.6) is 0 Å². The summed E-state index contributed by atoms with van der Waals surface area (Å²) >= 11 is 0. The molecule has 6 nitrogen and oxygen atoms in total. The van der Waals surface area contributed by atoms with Crippen molar-refractivity contribution < 1.29 is 4.79 Å². The lowest BCUT2D eigenvalue weighted by atomic mass is 10.2. The monoisotopic (exact) mass is 313 g/mol. The van der Waals surface area contributed by atoms with Crippen LogP contribution in [0.1, 0.15) is 42.1 Å². The standard InChI is InChI=1S/C17H23N5O/c1-20-6-8-21(9-7-20)17(23)14-10-13-12-19-22(16(13)18-11-14)15-4-2-3-5-15/h10-12,15H,2-9H2,1H3. The van der Waals surface area contributed by atoms with Crippen LogP contribution in [-0.4, -0.2) is 63.7 Å². The number of carbonyl (C=O) groups excluding carboxylic acids is 1. The maximum atomic E-state index is 12.7. The second-order valence-corrected chi connectivity index (χ2v) is 6.76. The van der Waals surface area contributed by atoms with E-state index < -0.39 is 0 Å². The zero-order chi connectivity index (χ0) is 15.8. The summed E-state index contributed by atoms with van der Waals surface area (Å²) in [6.45, 7) is 3.44. The molecular formula is C17H23N5O. The van der Waals surface area contributed by atoms with E-state index in [4.69, 9.17) is 0 Å². The molecule has 0 N–H and O–H groups in total. The molecule has 0 spiro atoms. The second kappa shape index (κ2) is 5.92. The summed E-state index contributed by atoms with van der Waals surface area (Å²) in [4.78, 5) is 21.4. The summed E-state index contributed by atoms with van der Waals surface area (Å²) in [5, 5.41) is 5.49. The van der Waals surface area contributed by atoms with Crippen molar-refractivity contribution in [3.8, 4) is 0 Å². The highest BCUT2D eigenvalue weighted by atomic mass is 16.2. The molecule has 0 aromatic carbocycles. The number of rotatable bonds is 2. The molecule has 3 heterocycles. The van der Waals surface area contributed by atoms with Crippen LogP contribution in [0.4, 0.5) is 0 Å². The summed E-state index contributed by atoms with van der Waals surface area (Å²) < 4.78 is 2.05. The molecular weight excluding hydrogens is 290 g/mol. The first kappa shape index (κ1) is 14.6. The third-order valence-corrected chi connectivity index (χ3v) is 5.14. The average Bonchev–Trinajstić information content (AvgIpc) is 3.23. The van der Waals surface area contributed by atoms with Crippen molar-refractivity contribution in [2.45, 2.75) is 31.7 Å². The van der Waals surface area contributed by atoms with E-state index in [1.54, 1.807) is 6.20 Å². The van der Waals surface area contributed by atoms with Crippen molar-refractivity contribution in [2.75, 3.05) is 33.2 Å². The predicted octanol–water partition coefficient (Wildman–Crippen LogP) is 1.93. The van der Waals surface area contributed by atoms with Gasteiger partial charge in [-0.2, -0.15) is 5.10 Å². The lowest BCUT2D eigenvalue weighted by molar-refractivity contribution is 0.0664. The SMILES string of the molecule is CN1CCN(C(=O)c2cnc3c(cnn3C3CCCC3)c2)CC1. The lowest BCUT2D eigenvalue weighted by Crippen LogP contribution is -2.47. The van der Waals surface area contributed by atoms with Gasteiger partial charge in [0.15, 0.2) is 5.65 Å². The van der Waals surface area contributed by atoms with E-state index in [1.165, 1.54) is 25.7 Å². The van der Waals surface area contributed by atoms with E-state index in [9.17, 15) is 4.79 Å². The second-order valence-electron chi connectivity index (χ2n) is 6.76. The normalized spacial score (nSPS) is 20.5. The van der Waals surface area contributed by atoms with Crippen LogP contribution in [0.25, 0.3) is 11.0 Å². The first-order valence-electron chi connectivity index (χ1n) is 8.53. The summed E-state index contributed by atoms with van der Waals surface area (Å²) in [7, 11) is 2.09. The fourth-order valence-corrected chi connectivity index (χ4v) is 3.67. The van der Waals surface area contributed by atoms with E-state index >= 15 is 0 Å². The summed E-state index contributed by atoms with van der Waals surface area (Å²) in [5.74, 6) is 0.0844. The molecule has 1 amide bonds. The Bertz CT molecular complexity index is 711. The molecule has 0 unspecified atom stereocenters. The van der Waals surface area contributed by atoms with E-state index in [0.717, 1.165) is 37.2 Å². The Morgan fingerprint density at radius 3 is 2.61 bits per heavy atom. The number of carbonyl (C=O) groups is 1. The summed E-state index contributed by atoms with van der Waals surface area (Å²) in [6, 6.07) is 2.42. The molecule has 6 heteroatoms. The highest BCUT2D eigenvalue weighted by Gasteiger charge is 2.23. The molecule has 0 bridgehead atoms. The van der Waals surface area contributed by atoms with Gasteiger partial charge in [-0.3, -0.25) is 4.79 Å². The number of fused-ring (bicyclic) bond motifs is 1. The van der Waals surface area contributed by atoms with Gasteiger partial charge in [-0.25, -0.2) is 9.67 Å². The third-order valence-electron chi connectivity index (χ3n) is 5.14. The Morgan fingerprint density at radius 1 is 1.13 bits per heavy atom. The van der Waals surface area contributed by atoms with Crippen molar-refractivity contribution in [2.24, 2.45) is 0 Å². The minimum absolute atomic E-state index is 0.0844. The number of likely N-dealkylation sites (N-methyl/N-ethyl adjacent to an activating group) is 1. The first-order chi connectivity index (χ1) is 11.2. The molecule has 1 aliphatic heterocycles. The lowest BCUT2D eigenvalue weighted by Gasteiger charge is -2.32. The Balaban J connectivity index is 1.58. The van der Waals surface area contributed by atoms with E-state index in [1.807, 2.05) is 21.8 Å². The number of aromatic nitrogens is 3. The van der Waals surface area contributed by atoms with Crippen LogP contribution in [0, 0.1) is 0 Å². The fourth-order valence-electron chi connectivity index (χ4n) is 3.67. The molecule has 0 radical (unpaired) electrons. The molecule has 2 aromatic rings. The largest absolute Gasteiger partial charge is 0.336 e. The van der Waals surface area contributed by atoms with Gasteiger partial charge in [-0.1, -0.05) is 12.8 Å². The van der Waals surface area contributed by atoms with Crippen molar-refractivity contribution in [3.63, 3.8) is 0 Å². The van der Waals surface area contributed by atoms with Crippen molar-refractivity contribution >= 4 is 16.9 Å². The van der Waals surface area contributed by atoms with Crippen molar-refractivity contribution in [3.05, 3.63) is 24.0 Å². The minimum Gasteiger partial charge on any atom is -0.336 e. The van der Waals surface area contributed by atoms with Crippen LogP contribution < -0.4 is 0 Å². The van der Waals surface area contributed by atoms with Gasteiger partial charge in [0, 0.05) is 37.8 Å². The quantitative estimate of drug-likeness (QED) is 0.850. The predicted molar refractivity (Wildman–Crippen MR) is 88.4 cm³/mol. The Labute approximate surface area is 136 Å². The summed E-state index contributed by atoms with van der Waals surface area (Å²) in [6.07, 6.45) is 8.47. The highest BCUT2D eigenvalue weighted by molar-refractivity contribution is 5.96. The van der Waals surface area contributed by atoms with Gasteiger partial charge in [0.2, 0.25) is 0 Å². The maximum Gasteiger partial charge on any atom is 0.255 e. The number of pyridine rings is 1. The zero-order valence-corrected chi connectivity index (χ0v) is 13.6. The zero-order valence-electron chi connectivity index (χ0n) is 13.6. The van der Waals surface area contributed by atoms with Gasteiger partial charge in [0.25, 0.3) is 5.91 Å². The number of hydrogen-bond donors (Lipinski definition) is 0. The molecule has 1 saturated heterocycles. The smallest absolute Gasteiger partial charge is 0.255 e.